The number of hydrogen-bond acceptors (Lipinski definition) is 3. The lowest BCUT2D eigenvalue weighted by Gasteiger charge is -2.15. The predicted molar refractivity (Wildman–Crippen MR) is 42.2 cm³/mol. The molecular weight excluding hydrogens is 156 g/mol. The minimum atomic E-state index is 0.0419. The summed E-state index contributed by atoms with van der Waals surface area (Å²) in [7, 11) is 1.81. The average molecular weight is 168 g/mol. The van der Waals surface area contributed by atoms with Gasteiger partial charge in [0.05, 0.1) is 11.8 Å². The molecule has 0 aromatic rings. The van der Waals surface area contributed by atoms with E-state index in [4.69, 9.17) is 0 Å². The number of rotatable bonds is 3. The van der Waals surface area contributed by atoms with Crippen LogP contribution in [0.25, 0.3) is 0 Å². The van der Waals surface area contributed by atoms with Crippen LogP contribution in [0.4, 0.5) is 0 Å². The third kappa shape index (κ3) is 0.948. The predicted octanol–water partition coefficient (Wildman–Crippen LogP) is -0.789. The zero-order valence-corrected chi connectivity index (χ0v) is 7.04. The fraction of sp³-hybridized carbons (Fsp3) is 0.750. The zero-order valence-electron chi connectivity index (χ0n) is 7.04. The molecule has 2 rings (SSSR count). The number of carbonyl (C=O) groups excluding carboxylic acids is 2. The van der Waals surface area contributed by atoms with Gasteiger partial charge in [-0.3, -0.25) is 14.5 Å². The summed E-state index contributed by atoms with van der Waals surface area (Å²) in [4.78, 5) is 24.1. The smallest absolute Gasteiger partial charge is 0.233 e. The highest BCUT2D eigenvalue weighted by Gasteiger charge is 2.58. The van der Waals surface area contributed by atoms with Gasteiger partial charge < -0.3 is 5.32 Å². The van der Waals surface area contributed by atoms with Crippen molar-refractivity contribution >= 4 is 11.8 Å². The number of hydrogen-bond donors (Lipinski definition) is 1. The molecule has 0 aromatic carbocycles. The largest absolute Gasteiger partial charge is 0.318 e. The number of nitrogens with zero attached hydrogens (tertiary/aromatic N) is 1. The number of carbonyl (C=O) groups is 2. The molecule has 1 heterocycles. The van der Waals surface area contributed by atoms with Crippen molar-refractivity contribution in [1.82, 2.24) is 10.2 Å². The van der Waals surface area contributed by atoms with Gasteiger partial charge in [-0.2, -0.15) is 0 Å². The molecule has 2 amide bonds. The summed E-state index contributed by atoms with van der Waals surface area (Å²) in [5.41, 5.74) is 0. The van der Waals surface area contributed by atoms with Gasteiger partial charge in [0.25, 0.3) is 0 Å². The molecule has 0 spiro atoms. The molecule has 4 heteroatoms. The number of piperidine rings is 1. The molecule has 1 saturated heterocycles. The molecule has 4 nitrogen and oxygen atoms in total. The van der Waals surface area contributed by atoms with E-state index in [-0.39, 0.29) is 23.7 Å². The molecule has 1 N–H and O–H groups in total. The summed E-state index contributed by atoms with van der Waals surface area (Å²) in [6.07, 6.45) is 0.799. The van der Waals surface area contributed by atoms with E-state index >= 15 is 0 Å². The van der Waals surface area contributed by atoms with Gasteiger partial charge in [0.15, 0.2) is 0 Å². The van der Waals surface area contributed by atoms with E-state index in [9.17, 15) is 9.59 Å². The minimum Gasteiger partial charge on any atom is -0.318 e. The minimum absolute atomic E-state index is 0.0419. The van der Waals surface area contributed by atoms with E-state index in [0.717, 1.165) is 6.42 Å². The van der Waals surface area contributed by atoms with Crippen molar-refractivity contribution in [1.29, 1.82) is 0 Å². The van der Waals surface area contributed by atoms with Crippen LogP contribution in [0, 0.1) is 11.8 Å². The first-order valence-electron chi connectivity index (χ1n) is 4.25. The summed E-state index contributed by atoms with van der Waals surface area (Å²) in [5.74, 6) is 0.184. The number of imide groups is 1. The number of nitrogens with one attached hydrogen (secondary N) is 1. The molecule has 2 atom stereocenters. The highest BCUT2D eigenvalue weighted by molar-refractivity contribution is 6.08. The van der Waals surface area contributed by atoms with E-state index in [1.807, 2.05) is 7.05 Å². The van der Waals surface area contributed by atoms with Crippen molar-refractivity contribution < 1.29 is 9.59 Å². The van der Waals surface area contributed by atoms with Gasteiger partial charge in [0.2, 0.25) is 11.8 Å². The third-order valence-corrected chi connectivity index (χ3v) is 2.54. The van der Waals surface area contributed by atoms with Crippen molar-refractivity contribution in [2.45, 2.75) is 6.42 Å². The van der Waals surface area contributed by atoms with Crippen molar-refractivity contribution in [3.05, 3.63) is 0 Å². The molecule has 0 aromatic heterocycles. The maximum absolute atomic E-state index is 11.3. The van der Waals surface area contributed by atoms with Gasteiger partial charge in [-0.15, -0.1) is 0 Å². The molecule has 2 unspecified atom stereocenters. The van der Waals surface area contributed by atoms with Gasteiger partial charge in [0, 0.05) is 13.1 Å². The third-order valence-electron chi connectivity index (χ3n) is 2.54. The van der Waals surface area contributed by atoms with Gasteiger partial charge >= 0.3 is 0 Å². The number of likely N-dealkylation sites (N-methyl/N-ethyl adjacent to an activating group) is 1. The number of fused-ring (bicyclic) bond motifs is 1. The quantitative estimate of drug-likeness (QED) is 0.562. The van der Waals surface area contributed by atoms with E-state index in [1.165, 1.54) is 4.90 Å². The van der Waals surface area contributed by atoms with Crippen LogP contribution in [-0.2, 0) is 9.59 Å². The Hall–Kier alpha value is -0.900. The van der Waals surface area contributed by atoms with Crippen molar-refractivity contribution in [2.75, 3.05) is 20.1 Å². The summed E-state index contributed by atoms with van der Waals surface area (Å²) < 4.78 is 0. The van der Waals surface area contributed by atoms with Crippen LogP contribution in [0.5, 0.6) is 0 Å². The van der Waals surface area contributed by atoms with Crippen LogP contribution in [-0.4, -0.2) is 36.9 Å². The van der Waals surface area contributed by atoms with Crippen LogP contribution in [0.15, 0.2) is 0 Å². The fourth-order valence-electron chi connectivity index (χ4n) is 1.69. The first-order chi connectivity index (χ1) is 5.75. The van der Waals surface area contributed by atoms with Crippen LogP contribution in [0.1, 0.15) is 6.42 Å². The highest BCUT2D eigenvalue weighted by Crippen LogP contribution is 2.46. The van der Waals surface area contributed by atoms with Gasteiger partial charge in [-0.1, -0.05) is 0 Å². The Morgan fingerprint density at radius 2 is 2.00 bits per heavy atom. The maximum atomic E-state index is 11.3. The van der Waals surface area contributed by atoms with Crippen molar-refractivity contribution in [2.24, 2.45) is 11.8 Å². The lowest BCUT2D eigenvalue weighted by molar-refractivity contribution is -0.141. The SMILES string of the molecule is CNCCN1C(=O)C2CC2C1=O. The lowest BCUT2D eigenvalue weighted by atomic mass is 10.4. The number of amides is 2. The summed E-state index contributed by atoms with van der Waals surface area (Å²) in [6, 6.07) is 0. The molecular formula is C8H12N2O2. The van der Waals surface area contributed by atoms with Gasteiger partial charge in [0.1, 0.15) is 0 Å². The Morgan fingerprint density at radius 3 is 2.50 bits per heavy atom. The van der Waals surface area contributed by atoms with Crippen LogP contribution >= 0.6 is 0 Å². The standard InChI is InChI=1S/C8H12N2O2/c1-9-2-3-10-7(11)5-4-6(5)8(10)12/h5-6,9H,2-4H2,1H3. The first-order valence-corrected chi connectivity index (χ1v) is 4.25. The lowest BCUT2D eigenvalue weighted by Crippen LogP contribution is -2.37. The molecule has 1 aliphatic heterocycles. The fourth-order valence-corrected chi connectivity index (χ4v) is 1.69. The molecule has 1 aliphatic carbocycles. The van der Waals surface area contributed by atoms with Gasteiger partial charge in [-0.05, 0) is 13.5 Å². The van der Waals surface area contributed by atoms with Gasteiger partial charge in [-0.25, -0.2) is 0 Å². The molecule has 0 radical (unpaired) electrons. The second-order valence-corrected chi connectivity index (χ2v) is 3.38. The Balaban J connectivity index is 1.97. The van der Waals surface area contributed by atoms with E-state index < -0.39 is 0 Å². The normalized spacial score (nSPS) is 32.6. The highest BCUT2D eigenvalue weighted by atomic mass is 16.2. The van der Waals surface area contributed by atoms with Crippen LogP contribution in [0.3, 0.4) is 0 Å². The molecule has 1 saturated carbocycles. The Morgan fingerprint density at radius 1 is 1.42 bits per heavy atom. The van der Waals surface area contributed by atoms with Crippen LogP contribution in [0.2, 0.25) is 0 Å². The van der Waals surface area contributed by atoms with Crippen molar-refractivity contribution in [3.8, 4) is 0 Å². The molecule has 0 bridgehead atoms. The van der Waals surface area contributed by atoms with Crippen molar-refractivity contribution in [3.63, 3.8) is 0 Å². The Labute approximate surface area is 70.9 Å². The average Bonchev–Trinajstić information content (AvgIpc) is 2.78. The second-order valence-electron chi connectivity index (χ2n) is 3.38. The van der Waals surface area contributed by atoms with E-state index in [0.29, 0.717) is 13.1 Å². The molecule has 12 heavy (non-hydrogen) atoms. The summed E-state index contributed by atoms with van der Waals surface area (Å²) in [6.45, 7) is 1.22. The van der Waals surface area contributed by atoms with E-state index in [2.05, 4.69) is 5.32 Å². The Kier molecular flexibility index (Phi) is 1.65. The molecule has 2 fully saturated rings. The topological polar surface area (TPSA) is 49.4 Å². The molecule has 2 aliphatic rings. The molecule has 66 valence electrons. The monoisotopic (exact) mass is 168 g/mol. The summed E-state index contributed by atoms with van der Waals surface area (Å²) >= 11 is 0. The first kappa shape index (κ1) is 7.73. The Bertz CT molecular complexity index is 219. The maximum Gasteiger partial charge on any atom is 0.233 e. The van der Waals surface area contributed by atoms with E-state index in [1.54, 1.807) is 0 Å². The zero-order chi connectivity index (χ0) is 8.72. The second kappa shape index (κ2) is 2.55. The number of likely N-dealkylation sites (tertiary alicyclic amines) is 1. The summed E-state index contributed by atoms with van der Waals surface area (Å²) in [5, 5.41) is 2.92. The van der Waals surface area contributed by atoms with Crippen LogP contribution < -0.4 is 5.32 Å².